The van der Waals surface area contributed by atoms with Gasteiger partial charge >= 0.3 is 0 Å². The third kappa shape index (κ3) is 3.86. The molecule has 0 aromatic carbocycles. The first-order chi connectivity index (χ1) is 12.3. The Hall–Kier alpha value is -1.50. The summed E-state index contributed by atoms with van der Waals surface area (Å²) >= 11 is 0. The number of fused-ring (bicyclic) bond motifs is 1. The number of ether oxygens (including phenoxy) is 1. The summed E-state index contributed by atoms with van der Waals surface area (Å²) < 4.78 is 5.81. The van der Waals surface area contributed by atoms with Gasteiger partial charge in [-0.2, -0.15) is 0 Å². The predicted octanol–water partition coefficient (Wildman–Crippen LogP) is 1.48. The summed E-state index contributed by atoms with van der Waals surface area (Å²) in [5, 5.41) is 0. The van der Waals surface area contributed by atoms with Crippen LogP contribution in [0, 0.1) is 11.8 Å². The van der Waals surface area contributed by atoms with Crippen LogP contribution in [0.2, 0.25) is 0 Å². The quantitative estimate of drug-likeness (QED) is 0.847. The SMILES string of the molecule is O=C(C1CCCC2NNCC21)N(Cc1cccnc1)CC1CCCO1. The van der Waals surface area contributed by atoms with E-state index in [4.69, 9.17) is 4.74 Å². The Morgan fingerprint density at radius 1 is 1.32 bits per heavy atom. The number of carbonyl (C=O) groups excluding carboxylic acids is 1. The number of rotatable bonds is 5. The average molecular weight is 344 g/mol. The molecule has 3 aliphatic rings. The van der Waals surface area contributed by atoms with Crippen molar-refractivity contribution in [2.75, 3.05) is 19.7 Å². The molecule has 2 saturated heterocycles. The summed E-state index contributed by atoms with van der Waals surface area (Å²) in [6, 6.07) is 4.42. The van der Waals surface area contributed by atoms with Crippen molar-refractivity contribution in [1.82, 2.24) is 20.7 Å². The maximum absolute atomic E-state index is 13.4. The van der Waals surface area contributed by atoms with E-state index in [1.165, 1.54) is 0 Å². The summed E-state index contributed by atoms with van der Waals surface area (Å²) in [6.07, 6.45) is 9.24. The number of carbonyl (C=O) groups is 1. The Morgan fingerprint density at radius 3 is 3.08 bits per heavy atom. The lowest BCUT2D eigenvalue weighted by Crippen LogP contribution is -2.47. The van der Waals surface area contributed by atoms with Gasteiger partial charge in [-0.1, -0.05) is 12.5 Å². The van der Waals surface area contributed by atoms with E-state index in [1.54, 1.807) is 6.20 Å². The number of amides is 1. The maximum atomic E-state index is 13.4. The number of nitrogens with zero attached hydrogens (tertiary/aromatic N) is 2. The zero-order valence-electron chi connectivity index (χ0n) is 14.7. The first kappa shape index (κ1) is 16.9. The van der Waals surface area contributed by atoms with E-state index in [-0.39, 0.29) is 12.0 Å². The van der Waals surface area contributed by atoms with Crippen LogP contribution in [0.25, 0.3) is 0 Å². The normalized spacial score (nSPS) is 31.7. The molecule has 1 saturated carbocycles. The number of nitrogens with one attached hydrogen (secondary N) is 2. The lowest BCUT2D eigenvalue weighted by Gasteiger charge is -2.36. The molecule has 0 spiro atoms. The van der Waals surface area contributed by atoms with Crippen LogP contribution in [-0.2, 0) is 16.1 Å². The summed E-state index contributed by atoms with van der Waals surface area (Å²) in [6.45, 7) is 3.03. The number of hydrogen-bond donors (Lipinski definition) is 2. The molecule has 1 aromatic heterocycles. The van der Waals surface area contributed by atoms with Crippen molar-refractivity contribution < 1.29 is 9.53 Å². The molecule has 3 heterocycles. The van der Waals surface area contributed by atoms with E-state index < -0.39 is 0 Å². The molecule has 25 heavy (non-hydrogen) atoms. The van der Waals surface area contributed by atoms with Gasteiger partial charge in [0.25, 0.3) is 0 Å². The molecule has 4 atom stereocenters. The molecule has 6 nitrogen and oxygen atoms in total. The summed E-state index contributed by atoms with van der Waals surface area (Å²) in [7, 11) is 0. The van der Waals surface area contributed by atoms with Gasteiger partial charge in [0.2, 0.25) is 5.91 Å². The highest BCUT2D eigenvalue weighted by Gasteiger charge is 2.42. The predicted molar refractivity (Wildman–Crippen MR) is 94.4 cm³/mol. The zero-order valence-corrected chi connectivity index (χ0v) is 14.7. The summed E-state index contributed by atoms with van der Waals surface area (Å²) in [5.74, 6) is 0.807. The van der Waals surface area contributed by atoms with Crippen molar-refractivity contribution in [1.29, 1.82) is 0 Å². The third-order valence-corrected chi connectivity index (χ3v) is 5.86. The van der Waals surface area contributed by atoms with Crippen molar-refractivity contribution in [3.63, 3.8) is 0 Å². The van der Waals surface area contributed by atoms with E-state index in [0.717, 1.165) is 50.8 Å². The molecule has 4 rings (SSSR count). The van der Waals surface area contributed by atoms with Gasteiger partial charge in [0, 0.05) is 56.5 Å². The van der Waals surface area contributed by atoms with Crippen molar-refractivity contribution >= 4 is 5.91 Å². The molecule has 4 unspecified atom stereocenters. The Kier molecular flexibility index (Phi) is 5.29. The molecule has 3 fully saturated rings. The van der Waals surface area contributed by atoms with Gasteiger partial charge in [-0.25, -0.2) is 0 Å². The van der Waals surface area contributed by atoms with Crippen molar-refractivity contribution in [3.05, 3.63) is 30.1 Å². The fourth-order valence-corrected chi connectivity index (χ4v) is 4.56. The van der Waals surface area contributed by atoms with Crippen molar-refractivity contribution in [2.45, 2.75) is 50.8 Å². The Morgan fingerprint density at radius 2 is 2.28 bits per heavy atom. The first-order valence-corrected chi connectivity index (χ1v) is 9.59. The van der Waals surface area contributed by atoms with Gasteiger partial charge in [0.15, 0.2) is 0 Å². The van der Waals surface area contributed by atoms with Gasteiger partial charge < -0.3 is 9.64 Å². The van der Waals surface area contributed by atoms with E-state index in [2.05, 4.69) is 15.8 Å². The largest absolute Gasteiger partial charge is 0.376 e. The number of aromatic nitrogens is 1. The third-order valence-electron chi connectivity index (χ3n) is 5.86. The summed E-state index contributed by atoms with van der Waals surface area (Å²) in [5.41, 5.74) is 7.69. The van der Waals surface area contributed by atoms with E-state index >= 15 is 0 Å². The molecule has 1 aromatic rings. The maximum Gasteiger partial charge on any atom is 0.226 e. The van der Waals surface area contributed by atoms with E-state index in [9.17, 15) is 4.79 Å². The van der Waals surface area contributed by atoms with Crippen LogP contribution < -0.4 is 10.9 Å². The molecule has 1 aliphatic carbocycles. The Bertz CT molecular complexity index is 576. The smallest absolute Gasteiger partial charge is 0.226 e. The fraction of sp³-hybridized carbons (Fsp3) is 0.684. The van der Waals surface area contributed by atoms with Crippen LogP contribution in [0.3, 0.4) is 0 Å². The lowest BCUT2D eigenvalue weighted by atomic mass is 9.76. The highest BCUT2D eigenvalue weighted by molar-refractivity contribution is 5.79. The van der Waals surface area contributed by atoms with Gasteiger partial charge in [-0.15, -0.1) is 0 Å². The molecule has 136 valence electrons. The average Bonchev–Trinajstić information content (AvgIpc) is 3.32. The first-order valence-electron chi connectivity index (χ1n) is 9.59. The molecular formula is C19H28N4O2. The standard InChI is InChI=1S/C19H28N4O2/c24-19(16-6-1-7-18-17(16)11-21-22-18)23(13-15-5-3-9-25-15)12-14-4-2-8-20-10-14/h2,4,8,10,15-18,21-22H,1,3,5-7,9,11-13H2. The van der Waals surface area contributed by atoms with Gasteiger partial charge in [-0.05, 0) is 37.3 Å². The molecule has 2 N–H and O–H groups in total. The van der Waals surface area contributed by atoms with Crippen LogP contribution >= 0.6 is 0 Å². The second-order valence-corrected chi connectivity index (χ2v) is 7.55. The minimum Gasteiger partial charge on any atom is -0.376 e. The Labute approximate surface area is 149 Å². The van der Waals surface area contributed by atoms with Crippen LogP contribution in [0.15, 0.2) is 24.5 Å². The lowest BCUT2D eigenvalue weighted by molar-refractivity contribution is -0.140. The second-order valence-electron chi connectivity index (χ2n) is 7.55. The second kappa shape index (κ2) is 7.81. The number of pyridine rings is 1. The Balaban J connectivity index is 1.50. The van der Waals surface area contributed by atoms with Gasteiger partial charge in [-0.3, -0.25) is 20.6 Å². The van der Waals surface area contributed by atoms with Crippen molar-refractivity contribution in [2.24, 2.45) is 11.8 Å². The zero-order chi connectivity index (χ0) is 17.1. The molecule has 1 amide bonds. The molecule has 0 radical (unpaired) electrons. The number of hydrazine groups is 1. The van der Waals surface area contributed by atoms with Crippen LogP contribution in [0.4, 0.5) is 0 Å². The van der Waals surface area contributed by atoms with Crippen LogP contribution in [0.1, 0.15) is 37.7 Å². The van der Waals surface area contributed by atoms with Crippen LogP contribution in [0.5, 0.6) is 0 Å². The van der Waals surface area contributed by atoms with Crippen molar-refractivity contribution in [3.8, 4) is 0 Å². The number of hydrogen-bond acceptors (Lipinski definition) is 5. The summed E-state index contributed by atoms with van der Waals surface area (Å²) in [4.78, 5) is 19.7. The topological polar surface area (TPSA) is 66.5 Å². The minimum atomic E-state index is 0.110. The highest BCUT2D eigenvalue weighted by Crippen LogP contribution is 2.34. The minimum absolute atomic E-state index is 0.110. The highest BCUT2D eigenvalue weighted by atomic mass is 16.5. The van der Waals surface area contributed by atoms with E-state index in [0.29, 0.717) is 31.0 Å². The van der Waals surface area contributed by atoms with E-state index in [1.807, 2.05) is 23.2 Å². The molecule has 6 heteroatoms. The fourth-order valence-electron chi connectivity index (χ4n) is 4.56. The molecule has 2 aliphatic heterocycles. The molecular weight excluding hydrogens is 316 g/mol. The molecule has 0 bridgehead atoms. The monoisotopic (exact) mass is 344 g/mol. The van der Waals surface area contributed by atoms with Gasteiger partial charge in [0.05, 0.1) is 6.10 Å². The van der Waals surface area contributed by atoms with Gasteiger partial charge in [0.1, 0.15) is 0 Å². The van der Waals surface area contributed by atoms with Crippen LogP contribution in [-0.4, -0.2) is 47.6 Å².